The molecule has 2 bridgehead atoms. The lowest BCUT2D eigenvalue weighted by molar-refractivity contribution is 0.0296. The van der Waals surface area contributed by atoms with Gasteiger partial charge in [0.25, 0.3) is 0 Å². The summed E-state index contributed by atoms with van der Waals surface area (Å²) in [6.45, 7) is 2.80. The molecule has 0 aliphatic carbocycles. The normalized spacial score (nSPS) is 23.5. The average Bonchev–Trinajstić information content (AvgIpc) is 3.25. The average molecular weight is 459 g/mol. The number of urea groups is 1. The van der Waals surface area contributed by atoms with Crippen LogP contribution in [0.4, 0.5) is 16.2 Å². The van der Waals surface area contributed by atoms with Gasteiger partial charge in [-0.1, -0.05) is 30.3 Å². The summed E-state index contributed by atoms with van der Waals surface area (Å²) in [4.78, 5) is 17.0. The van der Waals surface area contributed by atoms with Gasteiger partial charge in [-0.3, -0.25) is 9.58 Å². The number of carbonyl (C=O) groups excluding carboxylic acids is 1. The van der Waals surface area contributed by atoms with Gasteiger partial charge in [0, 0.05) is 68.8 Å². The molecule has 2 N–H and O–H groups in total. The van der Waals surface area contributed by atoms with Gasteiger partial charge in [-0.05, 0) is 55.6 Å². The predicted octanol–water partition coefficient (Wildman–Crippen LogP) is 4.15. The highest BCUT2D eigenvalue weighted by atomic mass is 16.2. The Bertz CT molecular complexity index is 1120. The molecule has 0 radical (unpaired) electrons. The van der Waals surface area contributed by atoms with Crippen LogP contribution in [0.15, 0.2) is 60.7 Å². The van der Waals surface area contributed by atoms with Crippen LogP contribution in [-0.2, 0) is 7.05 Å². The molecule has 2 aromatic carbocycles. The highest BCUT2D eigenvalue weighted by Gasteiger charge is 2.41. The van der Waals surface area contributed by atoms with Crippen LogP contribution in [0.5, 0.6) is 0 Å². The summed E-state index contributed by atoms with van der Waals surface area (Å²) in [6.07, 6.45) is 2.31. The number of benzene rings is 2. The Morgan fingerprint density at radius 3 is 2.56 bits per heavy atom. The number of para-hydroxylation sites is 1. The second-order valence-electron chi connectivity index (χ2n) is 9.76. The first-order valence-electron chi connectivity index (χ1n) is 12.1. The van der Waals surface area contributed by atoms with Crippen molar-refractivity contribution in [1.29, 1.82) is 0 Å². The molecule has 178 valence electrons. The number of anilines is 2. The number of carbonyl (C=O) groups is 1. The summed E-state index contributed by atoms with van der Waals surface area (Å²) < 4.78 is 2.07. The van der Waals surface area contributed by atoms with E-state index in [0.29, 0.717) is 24.4 Å². The van der Waals surface area contributed by atoms with Crippen LogP contribution in [0.2, 0.25) is 0 Å². The van der Waals surface area contributed by atoms with Crippen LogP contribution in [-0.4, -0.2) is 60.5 Å². The molecule has 7 heteroatoms. The lowest BCUT2D eigenvalue weighted by Crippen LogP contribution is -2.56. The maximum atomic E-state index is 12.3. The molecule has 3 fully saturated rings. The summed E-state index contributed by atoms with van der Waals surface area (Å²) >= 11 is 0. The van der Waals surface area contributed by atoms with Crippen LogP contribution in [0.3, 0.4) is 0 Å². The van der Waals surface area contributed by atoms with Crippen molar-refractivity contribution >= 4 is 17.4 Å². The Morgan fingerprint density at radius 1 is 1.12 bits per heavy atom. The van der Waals surface area contributed by atoms with E-state index < -0.39 is 0 Å². The minimum Gasteiger partial charge on any atom is -0.378 e. The third-order valence-electron chi connectivity index (χ3n) is 7.38. The Hall–Kier alpha value is -3.32. The van der Waals surface area contributed by atoms with E-state index in [1.165, 1.54) is 17.8 Å². The molecule has 34 heavy (non-hydrogen) atoms. The van der Waals surface area contributed by atoms with Crippen LogP contribution in [0, 0.1) is 5.92 Å². The van der Waals surface area contributed by atoms with Gasteiger partial charge >= 0.3 is 6.03 Å². The molecular weight excluding hydrogens is 424 g/mol. The summed E-state index contributed by atoms with van der Waals surface area (Å²) in [5, 5.41) is 10.8. The number of rotatable bonds is 6. The molecule has 1 aromatic heterocycles. The van der Waals surface area contributed by atoms with Gasteiger partial charge in [0.2, 0.25) is 0 Å². The van der Waals surface area contributed by atoms with E-state index in [0.717, 1.165) is 36.5 Å². The zero-order valence-corrected chi connectivity index (χ0v) is 20.2. The van der Waals surface area contributed by atoms with Gasteiger partial charge in [-0.15, -0.1) is 0 Å². The van der Waals surface area contributed by atoms with Crippen molar-refractivity contribution in [2.24, 2.45) is 13.0 Å². The number of hydrogen-bond acceptors (Lipinski definition) is 4. The molecule has 4 atom stereocenters. The number of aromatic nitrogens is 2. The fraction of sp³-hybridized carbons (Fsp3) is 0.407. The van der Waals surface area contributed by atoms with E-state index in [4.69, 9.17) is 5.10 Å². The number of hydrogen-bond donors (Lipinski definition) is 2. The molecule has 7 nitrogen and oxygen atoms in total. The first-order valence-corrected chi connectivity index (χ1v) is 12.1. The van der Waals surface area contributed by atoms with Crippen molar-refractivity contribution in [3.8, 4) is 11.3 Å². The van der Waals surface area contributed by atoms with Crippen molar-refractivity contribution in [2.45, 2.75) is 24.8 Å². The van der Waals surface area contributed by atoms with Gasteiger partial charge in [0.1, 0.15) is 0 Å². The summed E-state index contributed by atoms with van der Waals surface area (Å²) in [5.74, 6) is 1.10. The Kier molecular flexibility index (Phi) is 6.28. The highest BCUT2D eigenvalue weighted by molar-refractivity contribution is 5.89. The second-order valence-corrected chi connectivity index (χ2v) is 9.76. The molecule has 3 aliphatic heterocycles. The zero-order valence-electron chi connectivity index (χ0n) is 20.2. The third kappa shape index (κ3) is 4.66. The lowest BCUT2D eigenvalue weighted by atomic mass is 9.74. The molecule has 3 aliphatic rings. The lowest BCUT2D eigenvalue weighted by Gasteiger charge is -2.49. The monoisotopic (exact) mass is 458 g/mol. The summed E-state index contributed by atoms with van der Waals surface area (Å²) in [7, 11) is 6.18. The Balaban J connectivity index is 1.22. The molecular formula is C27H34N6O. The van der Waals surface area contributed by atoms with Crippen molar-refractivity contribution in [2.75, 3.05) is 43.9 Å². The Morgan fingerprint density at radius 2 is 1.88 bits per heavy atom. The van der Waals surface area contributed by atoms with E-state index in [2.05, 4.69) is 76.6 Å². The third-order valence-corrected chi connectivity index (χ3v) is 7.38. The van der Waals surface area contributed by atoms with Crippen molar-refractivity contribution in [1.82, 2.24) is 20.0 Å². The fourth-order valence-corrected chi connectivity index (χ4v) is 5.49. The number of fused-ring (bicyclic) bond motifs is 3. The first-order chi connectivity index (χ1) is 16.5. The minimum atomic E-state index is -0.137. The van der Waals surface area contributed by atoms with Gasteiger partial charge in [-0.2, -0.15) is 5.10 Å². The van der Waals surface area contributed by atoms with Crippen LogP contribution in [0.25, 0.3) is 11.3 Å². The smallest absolute Gasteiger partial charge is 0.319 e. The highest BCUT2D eigenvalue weighted by Crippen LogP contribution is 2.42. The molecule has 4 heterocycles. The molecule has 0 spiro atoms. The van der Waals surface area contributed by atoms with E-state index in [1.807, 2.05) is 30.3 Å². The number of aryl methyl sites for hydroxylation is 1. The van der Waals surface area contributed by atoms with Crippen molar-refractivity contribution in [3.63, 3.8) is 0 Å². The van der Waals surface area contributed by atoms with Gasteiger partial charge in [0.05, 0.1) is 5.69 Å². The Labute approximate surface area is 201 Å². The van der Waals surface area contributed by atoms with E-state index in [1.54, 1.807) is 0 Å². The van der Waals surface area contributed by atoms with Crippen molar-refractivity contribution < 1.29 is 4.79 Å². The van der Waals surface area contributed by atoms with Crippen molar-refractivity contribution in [3.05, 3.63) is 66.4 Å². The molecule has 1 unspecified atom stereocenters. The van der Waals surface area contributed by atoms with Gasteiger partial charge in [0.15, 0.2) is 0 Å². The van der Waals surface area contributed by atoms with Crippen LogP contribution >= 0.6 is 0 Å². The van der Waals surface area contributed by atoms with Crippen LogP contribution in [0.1, 0.15) is 24.5 Å². The SMILES string of the molecule is CN(C)c1ccc(-c2cc([C@H]3CN4CC[C@H]3C[C@@H]4CNC(=O)Nc3ccccc3)n(C)n2)cc1. The number of amides is 2. The number of nitrogens with zero attached hydrogens (tertiary/aromatic N) is 4. The number of nitrogens with one attached hydrogen (secondary N) is 2. The zero-order chi connectivity index (χ0) is 23.7. The van der Waals surface area contributed by atoms with Gasteiger partial charge in [-0.25, -0.2) is 4.79 Å². The summed E-state index contributed by atoms with van der Waals surface area (Å²) in [5.41, 5.74) is 5.51. The van der Waals surface area contributed by atoms with E-state index >= 15 is 0 Å². The maximum Gasteiger partial charge on any atom is 0.319 e. The van der Waals surface area contributed by atoms with Gasteiger partial charge < -0.3 is 15.5 Å². The second kappa shape index (κ2) is 9.50. The first kappa shape index (κ1) is 22.5. The largest absolute Gasteiger partial charge is 0.378 e. The van der Waals surface area contributed by atoms with E-state index in [-0.39, 0.29) is 6.03 Å². The van der Waals surface area contributed by atoms with E-state index in [9.17, 15) is 4.79 Å². The standard InChI is InChI=1S/C27H34N6O/c1-31(2)22-11-9-19(10-12-22)25-16-26(32(3)30-25)24-18-33-14-13-20(24)15-23(33)17-28-27(34)29-21-7-5-4-6-8-21/h4-12,16,20,23-24H,13-15,17-18H2,1-3H3,(H2,28,29,34)/t20-,23+,24-/m0/s1. The molecule has 2 amide bonds. The maximum absolute atomic E-state index is 12.3. The summed E-state index contributed by atoms with van der Waals surface area (Å²) in [6, 6.07) is 20.7. The predicted molar refractivity (Wildman–Crippen MR) is 137 cm³/mol. The topological polar surface area (TPSA) is 65.4 Å². The fourth-order valence-electron chi connectivity index (χ4n) is 5.49. The van der Waals surface area contributed by atoms with Crippen LogP contribution < -0.4 is 15.5 Å². The molecule has 3 aromatic rings. The quantitative estimate of drug-likeness (QED) is 0.582. The molecule has 3 saturated heterocycles. The minimum absolute atomic E-state index is 0.137. The molecule has 6 rings (SSSR count). The number of piperidine rings is 3. The molecule has 0 saturated carbocycles.